The van der Waals surface area contributed by atoms with Crippen molar-refractivity contribution in [3.05, 3.63) is 23.2 Å². The minimum atomic E-state index is -3.10. The highest BCUT2D eigenvalue weighted by Crippen LogP contribution is 2.17. The second kappa shape index (κ2) is 5.77. The number of carbonyl (C=O) groups is 1. The van der Waals surface area contributed by atoms with E-state index in [4.69, 9.17) is 4.42 Å². The summed E-state index contributed by atoms with van der Waals surface area (Å²) in [6, 6.07) is 1.31. The van der Waals surface area contributed by atoms with Gasteiger partial charge in [-0.25, -0.2) is 8.42 Å². The van der Waals surface area contributed by atoms with Gasteiger partial charge in [-0.3, -0.25) is 4.79 Å². The first-order valence-electron chi connectivity index (χ1n) is 6.22. The lowest BCUT2D eigenvalue weighted by atomic mass is 10.2. The molecule has 0 aliphatic carbocycles. The summed E-state index contributed by atoms with van der Waals surface area (Å²) in [6.45, 7) is 6.83. The summed E-state index contributed by atoms with van der Waals surface area (Å²) in [5, 5.41) is 0. The van der Waals surface area contributed by atoms with Crippen LogP contribution in [0, 0.1) is 13.8 Å². The van der Waals surface area contributed by atoms with Crippen LogP contribution in [0.3, 0.4) is 0 Å². The van der Waals surface area contributed by atoms with Gasteiger partial charge in [0.25, 0.3) is 5.91 Å². The number of furan rings is 1. The zero-order valence-electron chi connectivity index (χ0n) is 12.1. The number of nitrogens with zero attached hydrogens (tertiary/aromatic N) is 1. The highest BCUT2D eigenvalue weighted by molar-refractivity contribution is 7.91. The standard InChI is InChI=1S/C13H21NO4S/c1-6-19(16,17)8-9(2)14(5)13(15)12-7-10(3)18-11(12)4/h7,9H,6,8H2,1-5H3/t9-/m1/s1. The Kier molecular flexibility index (Phi) is 4.79. The quantitative estimate of drug-likeness (QED) is 0.828. The van der Waals surface area contributed by atoms with Crippen LogP contribution in [-0.2, 0) is 9.84 Å². The smallest absolute Gasteiger partial charge is 0.257 e. The van der Waals surface area contributed by atoms with Gasteiger partial charge >= 0.3 is 0 Å². The molecule has 1 heterocycles. The summed E-state index contributed by atoms with van der Waals surface area (Å²) in [7, 11) is -1.49. The fourth-order valence-corrected chi connectivity index (χ4v) is 3.02. The molecule has 1 amide bonds. The molecule has 5 nitrogen and oxygen atoms in total. The monoisotopic (exact) mass is 287 g/mol. The summed E-state index contributed by atoms with van der Waals surface area (Å²) < 4.78 is 28.5. The summed E-state index contributed by atoms with van der Waals surface area (Å²) in [5.41, 5.74) is 0.487. The number of hydrogen-bond acceptors (Lipinski definition) is 4. The molecule has 0 N–H and O–H groups in total. The highest BCUT2D eigenvalue weighted by Gasteiger charge is 2.24. The number of aryl methyl sites for hydroxylation is 2. The Morgan fingerprint density at radius 2 is 2.00 bits per heavy atom. The Morgan fingerprint density at radius 3 is 2.42 bits per heavy atom. The molecule has 108 valence electrons. The van der Waals surface area contributed by atoms with Gasteiger partial charge in [0, 0.05) is 18.8 Å². The van der Waals surface area contributed by atoms with Crippen LogP contribution < -0.4 is 0 Å². The van der Waals surface area contributed by atoms with Crippen molar-refractivity contribution in [1.29, 1.82) is 0 Å². The Bertz CT molecular complexity index is 559. The van der Waals surface area contributed by atoms with E-state index in [0.717, 1.165) is 0 Å². The van der Waals surface area contributed by atoms with Gasteiger partial charge < -0.3 is 9.32 Å². The zero-order chi connectivity index (χ0) is 14.8. The fraction of sp³-hybridized carbons (Fsp3) is 0.615. The van der Waals surface area contributed by atoms with Crippen molar-refractivity contribution in [3.8, 4) is 0 Å². The predicted octanol–water partition coefficient (Wildman–Crippen LogP) is 1.79. The maximum atomic E-state index is 12.3. The van der Waals surface area contributed by atoms with Crippen LogP contribution in [0.4, 0.5) is 0 Å². The third-order valence-electron chi connectivity index (χ3n) is 3.19. The maximum absolute atomic E-state index is 12.3. The highest BCUT2D eigenvalue weighted by atomic mass is 32.2. The number of rotatable bonds is 5. The van der Waals surface area contributed by atoms with Crippen LogP contribution in [0.2, 0.25) is 0 Å². The summed E-state index contributed by atoms with van der Waals surface area (Å²) in [5.74, 6) is 1.07. The number of hydrogen-bond donors (Lipinski definition) is 0. The van der Waals surface area contributed by atoms with E-state index in [0.29, 0.717) is 17.1 Å². The van der Waals surface area contributed by atoms with Gasteiger partial charge in [-0.05, 0) is 26.8 Å². The molecule has 0 aliphatic rings. The first-order valence-corrected chi connectivity index (χ1v) is 8.04. The Morgan fingerprint density at radius 1 is 1.42 bits per heavy atom. The van der Waals surface area contributed by atoms with Crippen molar-refractivity contribution < 1.29 is 17.6 Å². The lowest BCUT2D eigenvalue weighted by Crippen LogP contribution is -2.39. The maximum Gasteiger partial charge on any atom is 0.257 e. The lowest BCUT2D eigenvalue weighted by Gasteiger charge is -2.24. The summed E-state index contributed by atoms with van der Waals surface area (Å²) >= 11 is 0. The van der Waals surface area contributed by atoms with Crippen molar-refractivity contribution >= 4 is 15.7 Å². The second-order valence-corrected chi connectivity index (χ2v) is 7.19. The van der Waals surface area contributed by atoms with Crippen LogP contribution >= 0.6 is 0 Å². The molecule has 0 unspecified atom stereocenters. The van der Waals surface area contributed by atoms with E-state index in [9.17, 15) is 13.2 Å². The topological polar surface area (TPSA) is 67.6 Å². The minimum absolute atomic E-state index is 0.0262. The van der Waals surface area contributed by atoms with Crippen LogP contribution in [0.5, 0.6) is 0 Å². The normalized spacial score (nSPS) is 13.3. The molecular weight excluding hydrogens is 266 g/mol. The molecule has 19 heavy (non-hydrogen) atoms. The van der Waals surface area contributed by atoms with Crippen molar-refractivity contribution in [1.82, 2.24) is 4.90 Å². The van der Waals surface area contributed by atoms with Gasteiger partial charge in [-0.15, -0.1) is 0 Å². The zero-order valence-corrected chi connectivity index (χ0v) is 12.9. The van der Waals surface area contributed by atoms with Gasteiger partial charge in [0.1, 0.15) is 11.5 Å². The molecular formula is C13H21NO4S. The average molecular weight is 287 g/mol. The molecule has 0 aromatic carbocycles. The molecule has 0 aliphatic heterocycles. The summed E-state index contributed by atoms with van der Waals surface area (Å²) in [4.78, 5) is 13.7. The number of amides is 1. The fourth-order valence-electron chi connectivity index (χ4n) is 1.83. The van der Waals surface area contributed by atoms with Crippen LogP contribution in [0.25, 0.3) is 0 Å². The SMILES string of the molecule is CCS(=O)(=O)C[C@@H](C)N(C)C(=O)c1cc(C)oc1C. The van der Waals surface area contributed by atoms with Crippen molar-refractivity contribution in [2.45, 2.75) is 33.7 Å². The number of carbonyl (C=O) groups excluding carboxylic acids is 1. The summed E-state index contributed by atoms with van der Waals surface area (Å²) in [6.07, 6.45) is 0. The average Bonchev–Trinajstić information content (AvgIpc) is 2.66. The molecule has 6 heteroatoms. The van der Waals surface area contributed by atoms with E-state index in [1.807, 2.05) is 0 Å². The molecule has 0 bridgehead atoms. The van der Waals surface area contributed by atoms with Gasteiger partial charge in [0.15, 0.2) is 9.84 Å². The largest absolute Gasteiger partial charge is 0.466 e. The van der Waals surface area contributed by atoms with Crippen molar-refractivity contribution in [3.63, 3.8) is 0 Å². The molecule has 0 spiro atoms. The lowest BCUT2D eigenvalue weighted by molar-refractivity contribution is 0.0755. The van der Waals surface area contributed by atoms with E-state index in [1.54, 1.807) is 40.8 Å². The third-order valence-corrected chi connectivity index (χ3v) is 5.06. The van der Waals surface area contributed by atoms with Gasteiger partial charge in [0.05, 0.1) is 11.3 Å². The minimum Gasteiger partial charge on any atom is -0.466 e. The van der Waals surface area contributed by atoms with Crippen LogP contribution in [0.1, 0.15) is 35.7 Å². The molecule has 0 saturated carbocycles. The first kappa shape index (κ1) is 15.8. The van der Waals surface area contributed by atoms with E-state index < -0.39 is 9.84 Å². The van der Waals surface area contributed by atoms with Crippen LogP contribution in [-0.4, -0.2) is 43.8 Å². The first-order chi connectivity index (χ1) is 8.68. The van der Waals surface area contributed by atoms with E-state index in [-0.39, 0.29) is 23.5 Å². The molecule has 0 fully saturated rings. The second-order valence-electron chi connectivity index (χ2n) is 4.79. The van der Waals surface area contributed by atoms with Crippen LogP contribution in [0.15, 0.2) is 10.5 Å². The Hall–Kier alpha value is -1.30. The Labute approximate surface area is 114 Å². The van der Waals surface area contributed by atoms with Gasteiger partial charge in [-0.1, -0.05) is 6.92 Å². The van der Waals surface area contributed by atoms with Gasteiger partial charge in [-0.2, -0.15) is 0 Å². The molecule has 0 saturated heterocycles. The van der Waals surface area contributed by atoms with E-state index in [2.05, 4.69) is 0 Å². The molecule has 1 aromatic heterocycles. The van der Waals surface area contributed by atoms with Crippen molar-refractivity contribution in [2.24, 2.45) is 0 Å². The Balaban J connectivity index is 2.86. The van der Waals surface area contributed by atoms with Crippen molar-refractivity contribution in [2.75, 3.05) is 18.6 Å². The molecule has 1 rings (SSSR count). The number of sulfone groups is 1. The van der Waals surface area contributed by atoms with E-state index in [1.165, 1.54) is 4.90 Å². The van der Waals surface area contributed by atoms with E-state index >= 15 is 0 Å². The third kappa shape index (κ3) is 3.83. The molecule has 1 aromatic rings. The molecule has 1 atom stereocenters. The predicted molar refractivity (Wildman–Crippen MR) is 74.1 cm³/mol. The molecule has 0 radical (unpaired) electrons. The van der Waals surface area contributed by atoms with Gasteiger partial charge in [0.2, 0.25) is 0 Å².